The van der Waals surface area contributed by atoms with Gasteiger partial charge in [0.15, 0.2) is 0 Å². The molecule has 0 radical (unpaired) electrons. The summed E-state index contributed by atoms with van der Waals surface area (Å²) in [5.74, 6) is 0.349. The normalized spacial score (nSPS) is 15.0. The van der Waals surface area contributed by atoms with Crippen molar-refractivity contribution in [2.24, 2.45) is 5.92 Å². The molecule has 0 atom stereocenters. The number of aromatic carboxylic acids is 1. The van der Waals surface area contributed by atoms with E-state index in [-0.39, 0.29) is 0 Å². The maximum absolute atomic E-state index is 11.1. The molecule has 4 heteroatoms. The molecule has 2 rings (SSSR count). The molecule has 0 bridgehead atoms. The van der Waals surface area contributed by atoms with Gasteiger partial charge in [0.05, 0.1) is 17.9 Å². The van der Waals surface area contributed by atoms with E-state index in [9.17, 15) is 4.79 Å². The van der Waals surface area contributed by atoms with Crippen molar-refractivity contribution < 1.29 is 14.6 Å². The fraction of sp³-hybridized carbons (Fsp3) is 0.533. The Kier molecular flexibility index (Phi) is 4.30. The summed E-state index contributed by atoms with van der Waals surface area (Å²) in [7, 11) is 0. The molecule has 1 N–H and O–H groups in total. The highest BCUT2D eigenvalue weighted by Gasteiger charge is 2.18. The topological polar surface area (TPSA) is 49.8 Å². The van der Waals surface area contributed by atoms with Gasteiger partial charge in [-0.2, -0.15) is 0 Å². The number of benzene rings is 1. The van der Waals surface area contributed by atoms with Gasteiger partial charge in [0.1, 0.15) is 5.75 Å². The maximum Gasteiger partial charge on any atom is 0.335 e. The van der Waals surface area contributed by atoms with Gasteiger partial charge in [0.25, 0.3) is 0 Å². The van der Waals surface area contributed by atoms with E-state index in [1.54, 1.807) is 18.2 Å². The predicted octanol–water partition coefficient (Wildman–Crippen LogP) is 3.02. The SMILES string of the molecule is CC(C)COc1ccc(C(=O)O)cc1N1CCCC1. The standard InChI is InChI=1S/C15H21NO3/c1-11(2)10-19-14-6-5-12(15(17)18)9-13(14)16-7-3-4-8-16/h5-6,9,11H,3-4,7-8,10H2,1-2H3,(H,17,18). The van der Waals surface area contributed by atoms with E-state index < -0.39 is 5.97 Å². The summed E-state index contributed by atoms with van der Waals surface area (Å²) in [6.45, 7) is 6.79. The van der Waals surface area contributed by atoms with Gasteiger partial charge in [0.2, 0.25) is 0 Å². The highest BCUT2D eigenvalue weighted by molar-refractivity contribution is 5.89. The van der Waals surface area contributed by atoms with Crippen molar-refractivity contribution in [3.8, 4) is 5.75 Å². The van der Waals surface area contributed by atoms with Crippen LogP contribution < -0.4 is 9.64 Å². The number of hydrogen-bond donors (Lipinski definition) is 1. The Balaban J connectivity index is 2.27. The number of carboxylic acids is 1. The van der Waals surface area contributed by atoms with Crippen LogP contribution in [-0.4, -0.2) is 30.8 Å². The number of nitrogens with zero attached hydrogens (tertiary/aromatic N) is 1. The zero-order chi connectivity index (χ0) is 13.8. The first-order chi connectivity index (χ1) is 9.08. The quantitative estimate of drug-likeness (QED) is 0.887. The van der Waals surface area contributed by atoms with E-state index >= 15 is 0 Å². The van der Waals surface area contributed by atoms with E-state index in [4.69, 9.17) is 9.84 Å². The first-order valence-corrected chi connectivity index (χ1v) is 6.83. The third-order valence-electron chi connectivity index (χ3n) is 3.22. The maximum atomic E-state index is 11.1. The largest absolute Gasteiger partial charge is 0.491 e. The molecule has 1 heterocycles. The van der Waals surface area contributed by atoms with E-state index in [2.05, 4.69) is 18.7 Å². The molecule has 1 aromatic rings. The molecule has 0 unspecified atom stereocenters. The number of ether oxygens (including phenoxy) is 1. The smallest absolute Gasteiger partial charge is 0.335 e. The number of hydrogen-bond acceptors (Lipinski definition) is 3. The van der Waals surface area contributed by atoms with Crippen molar-refractivity contribution in [3.63, 3.8) is 0 Å². The zero-order valence-corrected chi connectivity index (χ0v) is 11.6. The van der Waals surface area contributed by atoms with Crippen LogP contribution in [0.4, 0.5) is 5.69 Å². The van der Waals surface area contributed by atoms with Crippen LogP contribution in [0.5, 0.6) is 5.75 Å². The third kappa shape index (κ3) is 3.40. The molecule has 1 aliphatic heterocycles. The summed E-state index contributed by atoms with van der Waals surface area (Å²) < 4.78 is 5.81. The van der Waals surface area contributed by atoms with Gasteiger partial charge < -0.3 is 14.7 Å². The fourth-order valence-corrected chi connectivity index (χ4v) is 2.23. The average Bonchev–Trinajstić information content (AvgIpc) is 2.89. The Morgan fingerprint density at radius 3 is 2.63 bits per heavy atom. The second-order valence-electron chi connectivity index (χ2n) is 5.39. The summed E-state index contributed by atoms with van der Waals surface area (Å²) in [5.41, 5.74) is 1.23. The van der Waals surface area contributed by atoms with E-state index in [1.807, 2.05) is 0 Å². The first kappa shape index (κ1) is 13.7. The van der Waals surface area contributed by atoms with Crippen molar-refractivity contribution in [2.45, 2.75) is 26.7 Å². The van der Waals surface area contributed by atoms with Crippen LogP contribution in [0.15, 0.2) is 18.2 Å². The van der Waals surface area contributed by atoms with Crippen molar-refractivity contribution in [1.82, 2.24) is 0 Å². The minimum atomic E-state index is -0.893. The number of carbonyl (C=O) groups is 1. The van der Waals surface area contributed by atoms with Crippen LogP contribution in [0.2, 0.25) is 0 Å². The highest BCUT2D eigenvalue weighted by Crippen LogP contribution is 2.32. The lowest BCUT2D eigenvalue weighted by Gasteiger charge is -2.22. The average molecular weight is 263 g/mol. The molecule has 1 aliphatic rings. The molecule has 0 amide bonds. The summed E-state index contributed by atoms with van der Waals surface area (Å²) in [6, 6.07) is 5.11. The van der Waals surface area contributed by atoms with Gasteiger partial charge >= 0.3 is 5.97 Å². The summed E-state index contributed by atoms with van der Waals surface area (Å²) in [6.07, 6.45) is 2.31. The minimum absolute atomic E-state index is 0.318. The van der Waals surface area contributed by atoms with Crippen LogP contribution in [0.25, 0.3) is 0 Å². The molecule has 1 saturated heterocycles. The number of carboxylic acid groups (broad SMARTS) is 1. The molecular formula is C15H21NO3. The summed E-state index contributed by atoms with van der Waals surface area (Å²) >= 11 is 0. The lowest BCUT2D eigenvalue weighted by Crippen LogP contribution is -2.20. The molecule has 0 spiro atoms. The second-order valence-corrected chi connectivity index (χ2v) is 5.39. The molecular weight excluding hydrogens is 242 g/mol. The Morgan fingerprint density at radius 2 is 2.05 bits per heavy atom. The molecule has 19 heavy (non-hydrogen) atoms. The van der Waals surface area contributed by atoms with E-state index in [0.29, 0.717) is 18.1 Å². The van der Waals surface area contributed by atoms with Crippen molar-refractivity contribution >= 4 is 11.7 Å². The zero-order valence-electron chi connectivity index (χ0n) is 11.6. The number of rotatable bonds is 5. The van der Waals surface area contributed by atoms with Gasteiger partial charge in [-0.25, -0.2) is 4.79 Å². The van der Waals surface area contributed by atoms with Gasteiger partial charge in [-0.15, -0.1) is 0 Å². The molecule has 104 valence electrons. The van der Waals surface area contributed by atoms with Gasteiger partial charge in [-0.3, -0.25) is 0 Å². The molecule has 4 nitrogen and oxygen atoms in total. The predicted molar refractivity (Wildman–Crippen MR) is 75.2 cm³/mol. The second kappa shape index (κ2) is 5.95. The van der Waals surface area contributed by atoms with Crippen LogP contribution in [0.1, 0.15) is 37.0 Å². The van der Waals surface area contributed by atoms with Crippen molar-refractivity contribution in [2.75, 3.05) is 24.6 Å². The molecule has 1 aromatic carbocycles. The fourth-order valence-electron chi connectivity index (χ4n) is 2.23. The summed E-state index contributed by atoms with van der Waals surface area (Å²) in [4.78, 5) is 13.3. The Bertz CT molecular complexity index is 451. The third-order valence-corrected chi connectivity index (χ3v) is 3.22. The van der Waals surface area contributed by atoms with Crippen LogP contribution >= 0.6 is 0 Å². The Morgan fingerprint density at radius 1 is 1.37 bits per heavy atom. The molecule has 0 aromatic heterocycles. The number of anilines is 1. The van der Waals surface area contributed by atoms with Crippen molar-refractivity contribution in [3.05, 3.63) is 23.8 Å². The molecule has 0 saturated carbocycles. The van der Waals surface area contributed by atoms with Crippen LogP contribution in [0.3, 0.4) is 0 Å². The Labute approximate surface area is 114 Å². The van der Waals surface area contributed by atoms with Crippen LogP contribution in [-0.2, 0) is 0 Å². The highest BCUT2D eigenvalue weighted by atomic mass is 16.5. The van der Waals surface area contributed by atoms with Crippen LogP contribution in [0, 0.1) is 5.92 Å². The lowest BCUT2D eigenvalue weighted by molar-refractivity contribution is 0.0697. The molecule has 0 aliphatic carbocycles. The van der Waals surface area contributed by atoms with E-state index in [1.165, 1.54) is 0 Å². The lowest BCUT2D eigenvalue weighted by atomic mass is 10.1. The van der Waals surface area contributed by atoms with Gasteiger partial charge in [-0.1, -0.05) is 13.8 Å². The van der Waals surface area contributed by atoms with E-state index in [0.717, 1.165) is 37.4 Å². The van der Waals surface area contributed by atoms with Gasteiger partial charge in [0, 0.05) is 13.1 Å². The van der Waals surface area contributed by atoms with Crippen molar-refractivity contribution in [1.29, 1.82) is 0 Å². The Hall–Kier alpha value is -1.71. The first-order valence-electron chi connectivity index (χ1n) is 6.83. The monoisotopic (exact) mass is 263 g/mol. The molecule has 1 fully saturated rings. The summed E-state index contributed by atoms with van der Waals surface area (Å²) in [5, 5.41) is 9.10. The minimum Gasteiger partial charge on any atom is -0.491 e. The van der Waals surface area contributed by atoms with Gasteiger partial charge in [-0.05, 0) is 37.0 Å².